The second-order valence-electron chi connectivity index (χ2n) is 8.28. The van der Waals surface area contributed by atoms with E-state index in [0.717, 1.165) is 24.8 Å². The molecule has 9 heteroatoms. The molecule has 1 saturated carbocycles. The van der Waals surface area contributed by atoms with E-state index in [1.165, 1.54) is 9.21 Å². The van der Waals surface area contributed by atoms with E-state index in [1.54, 1.807) is 24.3 Å². The van der Waals surface area contributed by atoms with Crippen molar-refractivity contribution in [1.29, 1.82) is 0 Å². The molecule has 0 aromatic heterocycles. The van der Waals surface area contributed by atoms with Crippen LogP contribution in [0.2, 0.25) is 0 Å². The Hall–Kier alpha value is -1.97. The monoisotopic (exact) mass is 420 g/mol. The number of amides is 3. The normalized spacial score (nSPS) is 23.6. The Morgan fingerprint density at radius 2 is 1.59 bits per heavy atom. The summed E-state index contributed by atoms with van der Waals surface area (Å²) in [6, 6.07) is 6.53. The van der Waals surface area contributed by atoms with Crippen LogP contribution in [0, 0.1) is 6.92 Å². The highest BCUT2D eigenvalue weighted by atomic mass is 32.2. The summed E-state index contributed by atoms with van der Waals surface area (Å²) < 4.78 is 27.1. The van der Waals surface area contributed by atoms with E-state index in [4.69, 9.17) is 0 Å². The van der Waals surface area contributed by atoms with Crippen LogP contribution in [0.25, 0.3) is 0 Å². The fourth-order valence-electron chi connectivity index (χ4n) is 4.47. The third-order valence-corrected chi connectivity index (χ3v) is 8.20. The molecule has 8 nitrogen and oxygen atoms in total. The highest BCUT2D eigenvalue weighted by molar-refractivity contribution is 7.89. The average Bonchev–Trinajstić information content (AvgIpc) is 2.93. The van der Waals surface area contributed by atoms with Gasteiger partial charge in [0.15, 0.2) is 0 Å². The van der Waals surface area contributed by atoms with Gasteiger partial charge >= 0.3 is 6.03 Å². The fraction of sp³-hybridized carbons (Fsp3) is 0.600. The number of nitrogens with one attached hydrogen (secondary N) is 1. The van der Waals surface area contributed by atoms with Crippen molar-refractivity contribution in [2.75, 3.05) is 32.8 Å². The lowest BCUT2D eigenvalue weighted by Crippen LogP contribution is -2.53. The number of imide groups is 1. The summed E-state index contributed by atoms with van der Waals surface area (Å²) >= 11 is 0. The number of rotatable bonds is 4. The number of sulfonamides is 1. The summed E-state index contributed by atoms with van der Waals surface area (Å²) in [7, 11) is -3.53. The summed E-state index contributed by atoms with van der Waals surface area (Å²) in [6.45, 7) is 3.77. The molecular weight excluding hydrogens is 392 g/mol. The van der Waals surface area contributed by atoms with Gasteiger partial charge in [-0.05, 0) is 31.9 Å². The maximum absolute atomic E-state index is 12.9. The van der Waals surface area contributed by atoms with E-state index in [0.29, 0.717) is 43.9 Å². The Balaban J connectivity index is 1.37. The lowest BCUT2D eigenvalue weighted by Gasteiger charge is -2.35. The quantitative estimate of drug-likeness (QED) is 0.746. The summed E-state index contributed by atoms with van der Waals surface area (Å²) in [4.78, 5) is 28.9. The zero-order chi connectivity index (χ0) is 20.6. The highest BCUT2D eigenvalue weighted by Crippen LogP contribution is 2.33. The molecule has 3 aliphatic rings. The number of aryl methyl sites for hydroxylation is 1. The van der Waals surface area contributed by atoms with Gasteiger partial charge in [0.25, 0.3) is 5.91 Å². The molecule has 0 atom stereocenters. The molecule has 1 N–H and O–H groups in total. The van der Waals surface area contributed by atoms with Crippen LogP contribution in [0.3, 0.4) is 0 Å². The minimum Gasteiger partial charge on any atom is -0.323 e. The molecule has 2 aliphatic heterocycles. The van der Waals surface area contributed by atoms with Crippen molar-refractivity contribution in [2.45, 2.75) is 49.5 Å². The van der Waals surface area contributed by atoms with Crippen molar-refractivity contribution in [3.63, 3.8) is 0 Å². The van der Waals surface area contributed by atoms with Crippen molar-refractivity contribution < 1.29 is 18.0 Å². The van der Waals surface area contributed by atoms with Gasteiger partial charge in [0.2, 0.25) is 10.0 Å². The Labute approximate surface area is 171 Å². The molecule has 2 heterocycles. The standard InChI is InChI=1S/C20H28N4O4S/c1-16-5-7-17(8-6-16)29(27,28)23-13-11-22(12-14-23)15-24-18(25)20(21-19(24)26)9-3-2-4-10-20/h5-8H,2-4,9-15H2,1H3,(H,21,26). The SMILES string of the molecule is Cc1ccc(S(=O)(=O)N2CCN(CN3C(=O)NC4(CCCCC4)C3=O)CC2)cc1. The van der Waals surface area contributed by atoms with Crippen LogP contribution in [-0.2, 0) is 14.8 Å². The van der Waals surface area contributed by atoms with Gasteiger partial charge in [-0.25, -0.2) is 18.1 Å². The molecule has 1 aliphatic carbocycles. The van der Waals surface area contributed by atoms with Gasteiger partial charge in [0, 0.05) is 26.2 Å². The Kier molecular flexibility index (Phi) is 5.39. The molecular formula is C20H28N4O4S. The number of benzene rings is 1. The zero-order valence-corrected chi connectivity index (χ0v) is 17.6. The number of urea groups is 1. The van der Waals surface area contributed by atoms with Crippen LogP contribution in [0.5, 0.6) is 0 Å². The summed E-state index contributed by atoms with van der Waals surface area (Å²) in [6.07, 6.45) is 4.42. The van der Waals surface area contributed by atoms with E-state index in [2.05, 4.69) is 5.32 Å². The van der Waals surface area contributed by atoms with Crippen LogP contribution in [-0.4, -0.2) is 72.8 Å². The highest BCUT2D eigenvalue weighted by Gasteiger charge is 2.51. The largest absolute Gasteiger partial charge is 0.326 e. The molecule has 0 bridgehead atoms. The Morgan fingerprint density at radius 1 is 0.966 bits per heavy atom. The van der Waals surface area contributed by atoms with Gasteiger partial charge in [0.1, 0.15) is 5.54 Å². The first kappa shape index (κ1) is 20.3. The van der Waals surface area contributed by atoms with Crippen molar-refractivity contribution in [1.82, 2.24) is 19.4 Å². The number of carbonyl (C=O) groups is 2. The van der Waals surface area contributed by atoms with E-state index in [9.17, 15) is 18.0 Å². The van der Waals surface area contributed by atoms with Crippen LogP contribution < -0.4 is 5.32 Å². The number of hydrogen-bond donors (Lipinski definition) is 1. The molecule has 1 spiro atoms. The summed E-state index contributed by atoms with van der Waals surface area (Å²) in [5.41, 5.74) is 0.296. The summed E-state index contributed by atoms with van der Waals surface area (Å²) in [5, 5.41) is 2.92. The molecule has 1 aromatic carbocycles. The van der Waals surface area contributed by atoms with E-state index < -0.39 is 15.6 Å². The maximum atomic E-state index is 12.9. The number of piperazine rings is 1. The van der Waals surface area contributed by atoms with Crippen molar-refractivity contribution in [2.24, 2.45) is 0 Å². The molecule has 29 heavy (non-hydrogen) atoms. The molecule has 2 saturated heterocycles. The van der Waals surface area contributed by atoms with E-state index in [-0.39, 0.29) is 18.6 Å². The van der Waals surface area contributed by atoms with Crippen molar-refractivity contribution in [3.8, 4) is 0 Å². The van der Waals surface area contributed by atoms with Crippen LogP contribution in [0.15, 0.2) is 29.2 Å². The average molecular weight is 421 g/mol. The first-order valence-electron chi connectivity index (χ1n) is 10.3. The smallest absolute Gasteiger partial charge is 0.323 e. The van der Waals surface area contributed by atoms with E-state index in [1.807, 2.05) is 11.8 Å². The van der Waals surface area contributed by atoms with E-state index >= 15 is 0 Å². The molecule has 3 amide bonds. The first-order chi connectivity index (χ1) is 13.8. The lowest BCUT2D eigenvalue weighted by atomic mass is 9.82. The minimum absolute atomic E-state index is 0.128. The Bertz CT molecular complexity index is 886. The minimum atomic E-state index is -3.53. The maximum Gasteiger partial charge on any atom is 0.326 e. The van der Waals surface area contributed by atoms with Crippen LogP contribution in [0.1, 0.15) is 37.7 Å². The molecule has 3 fully saturated rings. The van der Waals surface area contributed by atoms with Crippen LogP contribution >= 0.6 is 0 Å². The predicted molar refractivity (Wildman–Crippen MR) is 108 cm³/mol. The van der Waals surface area contributed by atoms with Gasteiger partial charge in [-0.3, -0.25) is 9.69 Å². The molecule has 4 rings (SSSR count). The Morgan fingerprint density at radius 3 is 2.21 bits per heavy atom. The van der Waals surface area contributed by atoms with Crippen molar-refractivity contribution in [3.05, 3.63) is 29.8 Å². The van der Waals surface area contributed by atoms with Gasteiger partial charge in [-0.2, -0.15) is 4.31 Å². The third-order valence-electron chi connectivity index (χ3n) is 6.28. The second-order valence-corrected chi connectivity index (χ2v) is 10.2. The number of hydrogen-bond acceptors (Lipinski definition) is 5. The summed E-state index contributed by atoms with van der Waals surface area (Å²) in [5.74, 6) is -0.128. The first-order valence-corrected chi connectivity index (χ1v) is 11.7. The van der Waals surface area contributed by atoms with Gasteiger partial charge in [0.05, 0.1) is 11.6 Å². The number of nitrogens with zero attached hydrogens (tertiary/aromatic N) is 3. The van der Waals surface area contributed by atoms with Gasteiger partial charge < -0.3 is 5.32 Å². The topological polar surface area (TPSA) is 90.0 Å². The lowest BCUT2D eigenvalue weighted by molar-refractivity contribution is -0.134. The third kappa shape index (κ3) is 3.78. The van der Waals surface area contributed by atoms with Crippen LogP contribution in [0.4, 0.5) is 4.79 Å². The molecule has 0 radical (unpaired) electrons. The predicted octanol–water partition coefficient (Wildman–Crippen LogP) is 1.51. The van der Waals surface area contributed by atoms with Gasteiger partial charge in [-0.1, -0.05) is 37.0 Å². The molecule has 158 valence electrons. The van der Waals surface area contributed by atoms with Crippen molar-refractivity contribution >= 4 is 22.0 Å². The molecule has 0 unspecified atom stereocenters. The number of carbonyl (C=O) groups excluding carboxylic acids is 2. The molecule has 1 aromatic rings. The van der Waals surface area contributed by atoms with Gasteiger partial charge in [-0.15, -0.1) is 0 Å². The fourth-order valence-corrected chi connectivity index (χ4v) is 5.89. The second kappa shape index (κ2) is 7.70. The zero-order valence-electron chi connectivity index (χ0n) is 16.8.